The zero-order valence-corrected chi connectivity index (χ0v) is 16.5. The van der Waals surface area contributed by atoms with Crippen molar-refractivity contribution in [2.24, 2.45) is 0 Å². The van der Waals surface area contributed by atoms with Gasteiger partial charge in [-0.1, -0.05) is 12.1 Å². The monoisotopic (exact) mass is 397 g/mol. The second-order valence-corrected chi connectivity index (χ2v) is 7.26. The molecule has 2 N–H and O–H groups in total. The van der Waals surface area contributed by atoms with Crippen molar-refractivity contribution >= 4 is 28.9 Å². The van der Waals surface area contributed by atoms with E-state index in [9.17, 15) is 19.7 Å². The molecule has 1 aliphatic rings. The van der Waals surface area contributed by atoms with E-state index in [2.05, 4.69) is 10.6 Å². The summed E-state index contributed by atoms with van der Waals surface area (Å²) in [5.74, 6) is -1.27. The molecule has 1 atom stereocenters. The quantitative estimate of drug-likeness (QED) is 0.415. The number of ether oxygens (including phenoxy) is 1. The largest absolute Gasteiger partial charge is 0.449 e. The van der Waals surface area contributed by atoms with Crippen molar-refractivity contribution in [1.82, 2.24) is 0 Å². The highest BCUT2D eigenvalue weighted by atomic mass is 16.6. The van der Waals surface area contributed by atoms with Crippen LogP contribution in [-0.2, 0) is 9.53 Å². The van der Waals surface area contributed by atoms with Crippen LogP contribution in [0, 0.1) is 24.0 Å². The number of nitrogens with zero attached hydrogens (tertiary/aromatic N) is 1. The van der Waals surface area contributed by atoms with Crippen LogP contribution >= 0.6 is 0 Å². The van der Waals surface area contributed by atoms with Gasteiger partial charge in [0, 0.05) is 17.8 Å². The molecule has 2 aromatic rings. The minimum absolute atomic E-state index is 0.0180. The molecule has 29 heavy (non-hydrogen) atoms. The Morgan fingerprint density at radius 1 is 1.14 bits per heavy atom. The fraction of sp³-hybridized carbons (Fsp3) is 0.333. The predicted molar refractivity (Wildman–Crippen MR) is 109 cm³/mol. The number of esters is 1. The van der Waals surface area contributed by atoms with Gasteiger partial charge in [0.2, 0.25) is 0 Å². The number of carbonyl (C=O) groups excluding carboxylic acids is 2. The van der Waals surface area contributed by atoms with Crippen molar-refractivity contribution in [3.63, 3.8) is 0 Å². The van der Waals surface area contributed by atoms with Crippen molar-refractivity contribution in [3.05, 3.63) is 63.2 Å². The number of aryl methyl sites for hydroxylation is 2. The molecular weight excluding hydrogens is 374 g/mol. The summed E-state index contributed by atoms with van der Waals surface area (Å²) >= 11 is 0. The fourth-order valence-electron chi connectivity index (χ4n) is 2.77. The molecule has 0 spiro atoms. The van der Waals surface area contributed by atoms with Crippen molar-refractivity contribution in [3.8, 4) is 0 Å². The Hall–Kier alpha value is -3.42. The summed E-state index contributed by atoms with van der Waals surface area (Å²) in [5, 5.41) is 17.2. The van der Waals surface area contributed by atoms with Crippen LogP contribution in [0.15, 0.2) is 36.4 Å². The van der Waals surface area contributed by atoms with E-state index in [0.29, 0.717) is 11.4 Å². The van der Waals surface area contributed by atoms with Crippen LogP contribution in [0.3, 0.4) is 0 Å². The van der Waals surface area contributed by atoms with Crippen LogP contribution in [0.1, 0.15) is 41.3 Å². The zero-order valence-electron chi connectivity index (χ0n) is 16.5. The highest BCUT2D eigenvalue weighted by Crippen LogP contribution is 2.31. The summed E-state index contributed by atoms with van der Waals surface area (Å²) < 4.78 is 5.21. The number of carbonyl (C=O) groups is 2. The number of nitro groups is 1. The lowest BCUT2D eigenvalue weighted by molar-refractivity contribution is -0.384. The van der Waals surface area contributed by atoms with Gasteiger partial charge in [-0.25, -0.2) is 4.79 Å². The summed E-state index contributed by atoms with van der Waals surface area (Å²) in [6.07, 6.45) is 0.868. The standard InChI is InChI=1S/C21H23N3O5/c1-12-4-5-13(2)18(10-12)23-20(25)14(3)29-21(26)15-6-9-17(22-16-7-8-16)19(11-15)24(27)28/h4-6,9-11,14,16,22H,7-8H2,1-3H3,(H,23,25)/t14-/m1/s1. The maximum Gasteiger partial charge on any atom is 0.339 e. The fourth-order valence-corrected chi connectivity index (χ4v) is 2.77. The lowest BCUT2D eigenvalue weighted by Gasteiger charge is -2.15. The average Bonchev–Trinajstić information content (AvgIpc) is 3.48. The van der Waals surface area contributed by atoms with Gasteiger partial charge in [-0.3, -0.25) is 14.9 Å². The molecule has 0 bridgehead atoms. The Kier molecular flexibility index (Phi) is 5.81. The van der Waals surface area contributed by atoms with Crippen molar-refractivity contribution in [2.45, 2.75) is 45.8 Å². The van der Waals surface area contributed by atoms with Gasteiger partial charge in [-0.05, 0) is 62.9 Å². The molecule has 1 aliphatic carbocycles. The lowest BCUT2D eigenvalue weighted by atomic mass is 10.1. The summed E-state index contributed by atoms with van der Waals surface area (Å²) in [4.78, 5) is 35.6. The van der Waals surface area contributed by atoms with Gasteiger partial charge in [-0.2, -0.15) is 0 Å². The Balaban J connectivity index is 1.68. The molecule has 8 heteroatoms. The highest BCUT2D eigenvalue weighted by molar-refractivity contribution is 5.98. The van der Waals surface area contributed by atoms with Crippen LogP contribution in [0.4, 0.5) is 17.1 Å². The molecule has 0 radical (unpaired) electrons. The highest BCUT2D eigenvalue weighted by Gasteiger charge is 2.26. The van der Waals surface area contributed by atoms with Gasteiger partial charge in [0.1, 0.15) is 5.69 Å². The summed E-state index contributed by atoms with van der Waals surface area (Å²) in [7, 11) is 0. The lowest BCUT2D eigenvalue weighted by Crippen LogP contribution is -2.30. The molecule has 0 unspecified atom stereocenters. The van der Waals surface area contributed by atoms with Gasteiger partial charge in [-0.15, -0.1) is 0 Å². The van der Waals surface area contributed by atoms with Crippen molar-refractivity contribution < 1.29 is 19.2 Å². The number of hydrogen-bond acceptors (Lipinski definition) is 6. The number of benzene rings is 2. The van der Waals surface area contributed by atoms with Crippen LogP contribution in [0.5, 0.6) is 0 Å². The Bertz CT molecular complexity index is 969. The van der Waals surface area contributed by atoms with Gasteiger partial charge in [0.15, 0.2) is 6.10 Å². The third-order valence-electron chi connectivity index (χ3n) is 4.67. The molecule has 3 rings (SSSR count). The minimum Gasteiger partial charge on any atom is -0.449 e. The topological polar surface area (TPSA) is 111 Å². The second kappa shape index (κ2) is 8.30. The zero-order chi connectivity index (χ0) is 21.1. The van der Waals surface area contributed by atoms with Crippen LogP contribution in [0.2, 0.25) is 0 Å². The number of amides is 1. The average molecular weight is 397 g/mol. The molecule has 8 nitrogen and oxygen atoms in total. The van der Waals surface area contributed by atoms with Crippen molar-refractivity contribution in [2.75, 3.05) is 10.6 Å². The minimum atomic E-state index is -1.06. The van der Waals surface area contributed by atoms with Gasteiger partial charge >= 0.3 is 5.97 Å². The Labute approximate surface area is 168 Å². The smallest absolute Gasteiger partial charge is 0.339 e. The van der Waals surface area contributed by atoms with Crippen LogP contribution in [0.25, 0.3) is 0 Å². The molecule has 0 aromatic heterocycles. The first-order valence-electron chi connectivity index (χ1n) is 9.38. The number of hydrogen-bond donors (Lipinski definition) is 2. The molecule has 1 saturated carbocycles. The molecule has 0 heterocycles. The molecule has 0 saturated heterocycles. The third kappa shape index (κ3) is 5.10. The molecule has 1 amide bonds. The molecule has 152 valence electrons. The number of rotatable bonds is 7. The normalized spacial score (nSPS) is 14.0. The van der Waals surface area contributed by atoms with Crippen LogP contribution < -0.4 is 10.6 Å². The van der Waals surface area contributed by atoms with Gasteiger partial charge < -0.3 is 15.4 Å². The van der Waals surface area contributed by atoms with E-state index in [1.54, 1.807) is 0 Å². The number of anilines is 2. The molecule has 1 fully saturated rings. The van der Waals surface area contributed by atoms with Crippen LogP contribution in [-0.4, -0.2) is 28.9 Å². The summed E-state index contributed by atoms with van der Waals surface area (Å²) in [6.45, 7) is 5.23. The number of nitrogens with one attached hydrogen (secondary N) is 2. The van der Waals surface area contributed by atoms with E-state index in [1.807, 2.05) is 32.0 Å². The second-order valence-electron chi connectivity index (χ2n) is 7.26. The van der Waals surface area contributed by atoms with E-state index in [1.165, 1.54) is 25.1 Å². The number of nitro benzene ring substituents is 1. The Morgan fingerprint density at radius 2 is 1.86 bits per heavy atom. The summed E-state index contributed by atoms with van der Waals surface area (Å²) in [5.41, 5.74) is 2.71. The molecule has 2 aromatic carbocycles. The van der Waals surface area contributed by atoms with E-state index in [-0.39, 0.29) is 17.3 Å². The maximum atomic E-state index is 12.4. The third-order valence-corrected chi connectivity index (χ3v) is 4.67. The van der Waals surface area contributed by atoms with E-state index in [4.69, 9.17) is 4.74 Å². The van der Waals surface area contributed by atoms with Gasteiger partial charge in [0.05, 0.1) is 10.5 Å². The van der Waals surface area contributed by atoms with Gasteiger partial charge in [0.25, 0.3) is 11.6 Å². The van der Waals surface area contributed by atoms with Crippen molar-refractivity contribution in [1.29, 1.82) is 0 Å². The van der Waals surface area contributed by atoms with E-state index < -0.39 is 22.9 Å². The van der Waals surface area contributed by atoms with E-state index >= 15 is 0 Å². The summed E-state index contributed by atoms with van der Waals surface area (Å²) in [6, 6.07) is 10.0. The maximum absolute atomic E-state index is 12.4. The van der Waals surface area contributed by atoms with E-state index in [0.717, 1.165) is 24.0 Å². The Morgan fingerprint density at radius 3 is 2.52 bits per heavy atom. The predicted octanol–water partition coefficient (Wildman–Crippen LogP) is 3.97. The first-order chi connectivity index (χ1) is 13.7. The first kappa shape index (κ1) is 20.3. The molecule has 0 aliphatic heterocycles. The first-order valence-corrected chi connectivity index (χ1v) is 9.38. The molecular formula is C21H23N3O5. The SMILES string of the molecule is Cc1ccc(C)c(NC(=O)[C@@H](C)OC(=O)c2ccc(NC3CC3)c([N+](=O)[O-])c2)c1.